The van der Waals surface area contributed by atoms with Crippen LogP contribution in [-0.4, -0.2) is 85.5 Å². The summed E-state index contributed by atoms with van der Waals surface area (Å²) in [7, 11) is 2.09. The predicted octanol–water partition coefficient (Wildman–Crippen LogP) is 1.33. The second-order valence-electron chi connectivity index (χ2n) is 8.94. The molecule has 3 fully saturated rings. The zero-order valence-electron chi connectivity index (χ0n) is 18.0. The first-order valence-corrected chi connectivity index (χ1v) is 11.3. The van der Waals surface area contributed by atoms with Crippen LogP contribution in [-0.2, 0) is 16.1 Å². The molecule has 4 rings (SSSR count). The fourth-order valence-electron chi connectivity index (χ4n) is 4.37. The van der Waals surface area contributed by atoms with E-state index in [2.05, 4.69) is 34.3 Å². The SMILES string of the molecule is CN(Cc1cccc(OCCN2CCN(C(=O)C3CC3)CC2)c1)CC1CCC(=O)N1. The van der Waals surface area contributed by atoms with Crippen molar-refractivity contribution in [2.24, 2.45) is 5.92 Å². The van der Waals surface area contributed by atoms with E-state index in [0.717, 1.165) is 70.8 Å². The van der Waals surface area contributed by atoms with Crippen molar-refractivity contribution in [2.75, 3.05) is 52.9 Å². The molecule has 30 heavy (non-hydrogen) atoms. The highest BCUT2D eigenvalue weighted by Gasteiger charge is 2.34. The molecule has 1 unspecified atom stereocenters. The fraction of sp³-hybridized carbons (Fsp3) is 0.652. The molecule has 2 aliphatic heterocycles. The summed E-state index contributed by atoms with van der Waals surface area (Å²) in [5.74, 6) is 1.75. The van der Waals surface area contributed by atoms with E-state index >= 15 is 0 Å². The van der Waals surface area contributed by atoms with E-state index in [1.807, 2.05) is 17.0 Å². The minimum absolute atomic E-state index is 0.166. The topological polar surface area (TPSA) is 65.1 Å². The van der Waals surface area contributed by atoms with E-state index in [0.29, 0.717) is 24.9 Å². The Labute approximate surface area is 179 Å². The van der Waals surface area contributed by atoms with Crippen LogP contribution in [0.25, 0.3) is 0 Å². The molecular weight excluding hydrogens is 380 g/mol. The van der Waals surface area contributed by atoms with E-state index in [1.165, 1.54) is 5.56 Å². The Morgan fingerprint density at radius 2 is 2.00 bits per heavy atom. The van der Waals surface area contributed by atoms with Crippen LogP contribution in [0.1, 0.15) is 31.2 Å². The summed E-state index contributed by atoms with van der Waals surface area (Å²) >= 11 is 0. The van der Waals surface area contributed by atoms with Crippen LogP contribution in [0.5, 0.6) is 5.75 Å². The van der Waals surface area contributed by atoms with Crippen molar-refractivity contribution < 1.29 is 14.3 Å². The molecule has 2 heterocycles. The molecule has 1 aromatic rings. The van der Waals surface area contributed by atoms with Gasteiger partial charge in [-0.1, -0.05) is 12.1 Å². The number of amides is 2. The van der Waals surface area contributed by atoms with Crippen LogP contribution in [0.3, 0.4) is 0 Å². The number of piperazine rings is 1. The Bertz CT molecular complexity index is 744. The highest BCUT2D eigenvalue weighted by atomic mass is 16.5. The Hall–Kier alpha value is -2.12. The van der Waals surface area contributed by atoms with Crippen molar-refractivity contribution in [1.29, 1.82) is 0 Å². The van der Waals surface area contributed by atoms with E-state index in [4.69, 9.17) is 4.74 Å². The number of hydrogen-bond acceptors (Lipinski definition) is 5. The van der Waals surface area contributed by atoms with E-state index in [1.54, 1.807) is 0 Å². The van der Waals surface area contributed by atoms with Gasteiger partial charge in [0.05, 0.1) is 0 Å². The van der Waals surface area contributed by atoms with Crippen molar-refractivity contribution in [2.45, 2.75) is 38.3 Å². The zero-order chi connectivity index (χ0) is 20.9. The third-order valence-corrected chi connectivity index (χ3v) is 6.25. The third-order valence-electron chi connectivity index (χ3n) is 6.25. The molecule has 0 radical (unpaired) electrons. The molecule has 1 aromatic carbocycles. The summed E-state index contributed by atoms with van der Waals surface area (Å²) in [4.78, 5) is 30.2. The Kier molecular flexibility index (Phi) is 6.89. The Morgan fingerprint density at radius 3 is 2.70 bits per heavy atom. The number of nitrogens with zero attached hydrogens (tertiary/aromatic N) is 3. The lowest BCUT2D eigenvalue weighted by atomic mass is 10.1. The number of likely N-dealkylation sites (N-methyl/N-ethyl adjacent to an activating group) is 1. The largest absolute Gasteiger partial charge is 0.492 e. The number of ether oxygens (including phenoxy) is 1. The number of benzene rings is 1. The smallest absolute Gasteiger partial charge is 0.225 e. The standard InChI is InChI=1S/C23H34N4O3/c1-25(17-20-7-8-22(28)24-20)16-18-3-2-4-21(15-18)30-14-13-26-9-11-27(12-10-26)23(29)19-5-6-19/h2-4,15,19-20H,5-14,16-17H2,1H3,(H,24,28). The highest BCUT2D eigenvalue weighted by Crippen LogP contribution is 2.31. The van der Waals surface area contributed by atoms with Gasteiger partial charge in [-0.05, 0) is 44.0 Å². The highest BCUT2D eigenvalue weighted by molar-refractivity contribution is 5.81. The van der Waals surface area contributed by atoms with Crippen molar-refractivity contribution in [3.63, 3.8) is 0 Å². The van der Waals surface area contributed by atoms with E-state index in [-0.39, 0.29) is 11.9 Å². The molecule has 1 saturated carbocycles. The molecule has 2 saturated heterocycles. The molecule has 7 heteroatoms. The second kappa shape index (κ2) is 9.79. The lowest BCUT2D eigenvalue weighted by molar-refractivity contribution is -0.134. The van der Waals surface area contributed by atoms with Gasteiger partial charge in [-0.3, -0.25) is 14.5 Å². The second-order valence-corrected chi connectivity index (χ2v) is 8.94. The fourth-order valence-corrected chi connectivity index (χ4v) is 4.37. The van der Waals surface area contributed by atoms with Gasteiger partial charge in [0, 0.05) is 64.2 Å². The van der Waals surface area contributed by atoms with Gasteiger partial charge >= 0.3 is 0 Å². The Morgan fingerprint density at radius 1 is 1.20 bits per heavy atom. The molecule has 1 atom stereocenters. The first-order valence-electron chi connectivity index (χ1n) is 11.3. The number of nitrogens with one attached hydrogen (secondary N) is 1. The van der Waals surface area contributed by atoms with Gasteiger partial charge in [0.2, 0.25) is 11.8 Å². The number of hydrogen-bond donors (Lipinski definition) is 1. The molecule has 7 nitrogen and oxygen atoms in total. The molecule has 1 aliphatic carbocycles. The predicted molar refractivity (Wildman–Crippen MR) is 115 cm³/mol. The van der Waals surface area contributed by atoms with Crippen LogP contribution in [0, 0.1) is 5.92 Å². The maximum atomic E-state index is 12.1. The zero-order valence-corrected chi connectivity index (χ0v) is 18.0. The van der Waals surface area contributed by atoms with E-state index < -0.39 is 0 Å². The van der Waals surface area contributed by atoms with E-state index in [9.17, 15) is 9.59 Å². The van der Waals surface area contributed by atoms with Crippen LogP contribution >= 0.6 is 0 Å². The summed E-state index contributed by atoms with van der Waals surface area (Å²) in [6.07, 6.45) is 3.74. The van der Waals surface area contributed by atoms with Crippen LogP contribution in [0.2, 0.25) is 0 Å². The van der Waals surface area contributed by atoms with Gasteiger partial charge in [0.1, 0.15) is 12.4 Å². The lowest BCUT2D eigenvalue weighted by Gasteiger charge is -2.34. The van der Waals surface area contributed by atoms with Crippen LogP contribution < -0.4 is 10.1 Å². The molecule has 0 bridgehead atoms. The average Bonchev–Trinajstić information content (AvgIpc) is 3.51. The number of carbonyl (C=O) groups excluding carboxylic acids is 2. The quantitative estimate of drug-likeness (QED) is 0.661. The molecule has 0 aromatic heterocycles. The van der Waals surface area contributed by atoms with Gasteiger partial charge in [0.15, 0.2) is 0 Å². The van der Waals surface area contributed by atoms with Crippen molar-refractivity contribution >= 4 is 11.8 Å². The normalized spacial score (nSPS) is 22.4. The minimum atomic E-state index is 0.166. The first-order chi connectivity index (χ1) is 14.6. The average molecular weight is 415 g/mol. The number of carbonyl (C=O) groups is 2. The summed E-state index contributed by atoms with van der Waals surface area (Å²) in [6.45, 7) is 6.81. The summed E-state index contributed by atoms with van der Waals surface area (Å²) in [6, 6.07) is 8.54. The number of rotatable bonds is 9. The first kappa shape index (κ1) is 21.1. The van der Waals surface area contributed by atoms with Crippen molar-refractivity contribution in [3.05, 3.63) is 29.8 Å². The van der Waals surface area contributed by atoms with Gasteiger partial charge in [0.25, 0.3) is 0 Å². The molecule has 3 aliphatic rings. The molecule has 164 valence electrons. The molecule has 2 amide bonds. The van der Waals surface area contributed by atoms with Crippen molar-refractivity contribution in [3.8, 4) is 5.75 Å². The van der Waals surface area contributed by atoms with Crippen LogP contribution in [0.15, 0.2) is 24.3 Å². The van der Waals surface area contributed by atoms with Crippen LogP contribution in [0.4, 0.5) is 0 Å². The molecule has 0 spiro atoms. The third kappa shape index (κ3) is 5.95. The summed E-state index contributed by atoms with van der Waals surface area (Å²) in [5, 5.41) is 3.03. The molecular formula is C23H34N4O3. The van der Waals surface area contributed by atoms with Gasteiger partial charge in [-0.25, -0.2) is 0 Å². The summed E-state index contributed by atoms with van der Waals surface area (Å²) < 4.78 is 6.00. The Balaban J connectivity index is 1.15. The minimum Gasteiger partial charge on any atom is -0.492 e. The van der Waals surface area contributed by atoms with Crippen molar-refractivity contribution in [1.82, 2.24) is 20.0 Å². The maximum Gasteiger partial charge on any atom is 0.225 e. The maximum absolute atomic E-state index is 12.1. The van der Waals surface area contributed by atoms with Gasteiger partial charge in [-0.15, -0.1) is 0 Å². The monoisotopic (exact) mass is 414 g/mol. The lowest BCUT2D eigenvalue weighted by Crippen LogP contribution is -2.50. The van der Waals surface area contributed by atoms with Gasteiger partial charge in [-0.2, -0.15) is 0 Å². The van der Waals surface area contributed by atoms with Gasteiger partial charge < -0.3 is 19.9 Å². The summed E-state index contributed by atoms with van der Waals surface area (Å²) in [5.41, 5.74) is 1.21. The molecule has 1 N–H and O–H groups in total.